The zero-order valence-electron chi connectivity index (χ0n) is 10.4. The van der Waals surface area contributed by atoms with Gasteiger partial charge in [-0.05, 0) is 6.92 Å². The Labute approximate surface area is 113 Å². The van der Waals surface area contributed by atoms with Crippen molar-refractivity contribution in [1.82, 2.24) is 0 Å². The van der Waals surface area contributed by atoms with E-state index in [9.17, 15) is 40.3 Å². The van der Waals surface area contributed by atoms with E-state index in [4.69, 9.17) is 0 Å². The lowest BCUT2D eigenvalue weighted by Crippen LogP contribution is -2.59. The minimum Gasteiger partial charge on any atom is -0.459 e. The van der Waals surface area contributed by atoms with Crippen LogP contribution in [0.25, 0.3) is 0 Å². The largest absolute Gasteiger partial charge is 0.459 e. The van der Waals surface area contributed by atoms with Crippen molar-refractivity contribution in [3.63, 3.8) is 0 Å². The van der Waals surface area contributed by atoms with Crippen LogP contribution in [-0.4, -0.2) is 43.2 Å². The summed E-state index contributed by atoms with van der Waals surface area (Å²) in [6.45, 7) is 2.31. The summed E-state index contributed by atoms with van der Waals surface area (Å²) in [5.41, 5.74) is -6.26. The summed E-state index contributed by atoms with van der Waals surface area (Å²) < 4.78 is 93.4. The number of rotatable bonds is 5. The summed E-state index contributed by atoms with van der Waals surface area (Å²) in [5, 5.41) is 0. The van der Waals surface area contributed by atoms with Crippen LogP contribution < -0.4 is 0 Å². The molecule has 0 unspecified atom stereocenters. The predicted octanol–water partition coefficient (Wildman–Crippen LogP) is 2.48. The van der Waals surface area contributed by atoms with Gasteiger partial charge in [0.05, 0.1) is 0 Å². The van der Waals surface area contributed by atoms with E-state index in [1.54, 1.807) is 0 Å². The van der Waals surface area contributed by atoms with Gasteiger partial charge in [-0.15, -0.1) is 0 Å². The predicted molar refractivity (Wildman–Crippen MR) is 52.7 cm³/mol. The van der Waals surface area contributed by atoms with Crippen LogP contribution in [0.1, 0.15) is 6.92 Å². The summed E-state index contributed by atoms with van der Waals surface area (Å²) in [4.78, 5) is 21.5. The molecule has 21 heavy (non-hydrogen) atoms. The van der Waals surface area contributed by atoms with E-state index >= 15 is 0 Å². The van der Waals surface area contributed by atoms with E-state index in [-0.39, 0.29) is 5.57 Å². The molecule has 0 atom stereocenters. The van der Waals surface area contributed by atoms with Crippen LogP contribution in [0.2, 0.25) is 0 Å². The smallest absolute Gasteiger partial charge is 0.442 e. The molecule has 0 amide bonds. The first-order valence-electron chi connectivity index (χ1n) is 5.07. The molecule has 4 nitrogen and oxygen atoms in total. The molecule has 0 radical (unpaired) electrons. The van der Waals surface area contributed by atoms with Gasteiger partial charge in [0.15, 0.2) is 0 Å². The maximum atomic E-state index is 13.1. The Kier molecular flexibility index (Phi) is 5.76. The summed E-state index contributed by atoms with van der Waals surface area (Å²) in [7, 11) is 0. The summed E-state index contributed by atoms with van der Waals surface area (Å²) in [6.07, 6.45) is -13.1. The van der Waals surface area contributed by atoms with Crippen molar-refractivity contribution in [1.29, 1.82) is 0 Å². The molecule has 0 heterocycles. The van der Waals surface area contributed by atoms with Crippen molar-refractivity contribution in [3.8, 4) is 0 Å². The molecule has 0 rings (SSSR count). The van der Waals surface area contributed by atoms with Gasteiger partial charge in [0.1, 0.15) is 13.2 Å². The Balaban J connectivity index is 4.75. The highest BCUT2D eigenvalue weighted by Gasteiger charge is 2.78. The van der Waals surface area contributed by atoms with E-state index in [1.165, 1.54) is 6.92 Å². The Morgan fingerprint density at radius 1 is 0.905 bits per heavy atom. The summed E-state index contributed by atoms with van der Waals surface area (Å²) in [6, 6.07) is 0. The molecule has 122 valence electrons. The number of carbonyl (C=O) groups is 2. The molecule has 0 aliphatic rings. The van der Waals surface area contributed by atoms with Crippen LogP contribution in [0.3, 0.4) is 0 Å². The molecular formula is C10H9F7O4. The fourth-order valence-corrected chi connectivity index (χ4v) is 0.884. The van der Waals surface area contributed by atoms with E-state index in [0.717, 1.165) is 0 Å². The molecule has 0 saturated heterocycles. The molecule has 11 heteroatoms. The maximum Gasteiger partial charge on any atom is 0.442 e. The highest BCUT2D eigenvalue weighted by molar-refractivity contribution is 5.87. The van der Waals surface area contributed by atoms with Gasteiger partial charge >= 0.3 is 30.0 Å². The van der Waals surface area contributed by atoms with Crippen LogP contribution in [-0.2, 0) is 19.1 Å². The first-order valence-corrected chi connectivity index (χ1v) is 5.07. The van der Waals surface area contributed by atoms with Crippen molar-refractivity contribution in [2.75, 3.05) is 13.2 Å². The number of hydrogen-bond acceptors (Lipinski definition) is 4. The Hall–Kier alpha value is -1.81. The lowest BCUT2D eigenvalue weighted by Gasteiger charge is -2.27. The molecule has 0 saturated carbocycles. The van der Waals surface area contributed by atoms with Gasteiger partial charge < -0.3 is 9.47 Å². The molecule has 0 aliphatic heterocycles. The van der Waals surface area contributed by atoms with Gasteiger partial charge in [0.25, 0.3) is 0 Å². The molecule has 0 N–H and O–H groups in total. The average Bonchev–Trinajstić information content (AvgIpc) is 2.29. The van der Waals surface area contributed by atoms with Gasteiger partial charge in [-0.2, -0.15) is 26.3 Å². The van der Waals surface area contributed by atoms with Crippen molar-refractivity contribution < 1.29 is 49.8 Å². The lowest BCUT2D eigenvalue weighted by molar-refractivity contribution is -0.333. The second-order valence-electron chi connectivity index (χ2n) is 3.71. The molecule has 0 fully saturated rings. The molecule has 0 aromatic rings. The number of ether oxygens (including phenoxy) is 2. The first kappa shape index (κ1) is 19.2. The van der Waals surface area contributed by atoms with E-state index in [2.05, 4.69) is 16.1 Å². The molecule has 0 aliphatic carbocycles. The van der Waals surface area contributed by atoms with Gasteiger partial charge in [0, 0.05) is 5.57 Å². The number of halogens is 7. The van der Waals surface area contributed by atoms with Crippen molar-refractivity contribution in [2.45, 2.75) is 24.9 Å². The zero-order valence-corrected chi connectivity index (χ0v) is 10.4. The highest BCUT2D eigenvalue weighted by Crippen LogP contribution is 2.46. The van der Waals surface area contributed by atoms with Crippen LogP contribution in [0, 0.1) is 0 Å². The van der Waals surface area contributed by atoms with Crippen molar-refractivity contribution in [2.24, 2.45) is 0 Å². The topological polar surface area (TPSA) is 52.6 Å². The molecule has 0 aromatic carbocycles. The summed E-state index contributed by atoms with van der Waals surface area (Å²) in [5.74, 6) is -4.20. The van der Waals surface area contributed by atoms with E-state index < -0.39 is 43.2 Å². The fourth-order valence-electron chi connectivity index (χ4n) is 0.884. The number of alkyl halides is 7. The van der Waals surface area contributed by atoms with E-state index in [0.29, 0.717) is 0 Å². The van der Waals surface area contributed by atoms with Crippen LogP contribution in [0.15, 0.2) is 12.2 Å². The first-order chi connectivity index (χ1) is 9.25. The second-order valence-corrected chi connectivity index (χ2v) is 3.71. The standard InChI is InChI=1S/C10H9F7O4/c1-5(2)6(18)20-3-4-21-7(19)8(11,9(12,13)14)10(15,16)17/h1,3-4H2,2H3. The Bertz CT molecular complexity index is 410. The third-order valence-electron chi connectivity index (χ3n) is 1.96. The van der Waals surface area contributed by atoms with E-state index in [1.807, 2.05) is 0 Å². The Morgan fingerprint density at radius 2 is 1.29 bits per heavy atom. The normalized spacial score (nSPS) is 12.8. The third-order valence-corrected chi connectivity index (χ3v) is 1.96. The quantitative estimate of drug-likeness (QED) is 0.337. The summed E-state index contributed by atoms with van der Waals surface area (Å²) >= 11 is 0. The second kappa shape index (κ2) is 6.31. The number of esters is 2. The monoisotopic (exact) mass is 326 g/mol. The van der Waals surface area contributed by atoms with Gasteiger partial charge in [-0.3, -0.25) is 0 Å². The number of carbonyl (C=O) groups excluding carboxylic acids is 2. The molecular weight excluding hydrogens is 317 g/mol. The molecule has 0 bridgehead atoms. The van der Waals surface area contributed by atoms with Gasteiger partial charge in [-0.1, -0.05) is 6.58 Å². The van der Waals surface area contributed by atoms with Crippen LogP contribution in [0.4, 0.5) is 30.7 Å². The molecule has 0 spiro atoms. The van der Waals surface area contributed by atoms with Gasteiger partial charge in [-0.25, -0.2) is 14.0 Å². The SMILES string of the molecule is C=C(C)C(=O)OCCOC(=O)C(F)(C(F)(F)F)C(F)(F)F. The average molecular weight is 326 g/mol. The van der Waals surface area contributed by atoms with Crippen LogP contribution >= 0.6 is 0 Å². The minimum absolute atomic E-state index is 0.105. The fraction of sp³-hybridized carbons (Fsp3) is 0.600. The highest BCUT2D eigenvalue weighted by atomic mass is 19.4. The van der Waals surface area contributed by atoms with Crippen molar-refractivity contribution in [3.05, 3.63) is 12.2 Å². The maximum absolute atomic E-state index is 13.1. The molecule has 0 aromatic heterocycles. The lowest BCUT2D eigenvalue weighted by atomic mass is 10.1. The van der Waals surface area contributed by atoms with Crippen molar-refractivity contribution >= 4 is 11.9 Å². The third kappa shape index (κ3) is 4.33. The van der Waals surface area contributed by atoms with Crippen LogP contribution in [0.5, 0.6) is 0 Å². The zero-order chi connectivity index (χ0) is 17.1. The minimum atomic E-state index is -6.54. The Morgan fingerprint density at radius 3 is 1.62 bits per heavy atom. The number of hydrogen-bond donors (Lipinski definition) is 0. The van der Waals surface area contributed by atoms with Gasteiger partial charge in [0.2, 0.25) is 0 Å².